The standard InChI is InChI=1S/C32H26N2O/c1-35-22-13-9-12-21(18-22)29-28(20-10-3-2-4-11-20)31(25-19-33-26-16-7-5-14-23(25)26)32-30(29)24-15-6-8-17-27(24)34-32/h2-19,28-29,31,33-34H,1H3/t28-,29-,31+/m0/s1. The van der Waals surface area contributed by atoms with Crippen LogP contribution < -0.4 is 4.74 Å². The van der Waals surface area contributed by atoms with Gasteiger partial charge < -0.3 is 14.7 Å². The van der Waals surface area contributed by atoms with Crippen molar-refractivity contribution in [1.82, 2.24) is 9.97 Å². The molecule has 2 N–H and O–H groups in total. The number of fused-ring (bicyclic) bond motifs is 4. The van der Waals surface area contributed by atoms with Crippen LogP contribution in [0.5, 0.6) is 5.75 Å². The molecule has 0 saturated carbocycles. The van der Waals surface area contributed by atoms with Gasteiger partial charge >= 0.3 is 0 Å². The van der Waals surface area contributed by atoms with E-state index in [1.165, 1.54) is 49.8 Å². The molecule has 1 aliphatic rings. The number of rotatable bonds is 4. The van der Waals surface area contributed by atoms with Gasteiger partial charge in [0.25, 0.3) is 0 Å². The molecule has 2 aromatic heterocycles. The molecule has 0 bridgehead atoms. The predicted molar refractivity (Wildman–Crippen MR) is 142 cm³/mol. The van der Waals surface area contributed by atoms with Crippen LogP contribution in [0, 0.1) is 0 Å². The zero-order chi connectivity index (χ0) is 23.4. The highest BCUT2D eigenvalue weighted by Gasteiger charge is 2.46. The van der Waals surface area contributed by atoms with Crippen molar-refractivity contribution in [2.75, 3.05) is 7.11 Å². The summed E-state index contributed by atoms with van der Waals surface area (Å²) in [4.78, 5) is 7.40. The highest BCUT2D eigenvalue weighted by Crippen LogP contribution is 2.59. The average molecular weight is 455 g/mol. The summed E-state index contributed by atoms with van der Waals surface area (Å²) >= 11 is 0. The van der Waals surface area contributed by atoms with Crippen LogP contribution in [0.15, 0.2) is 109 Å². The number of methoxy groups -OCH3 is 1. The van der Waals surface area contributed by atoms with Gasteiger partial charge in [-0.2, -0.15) is 0 Å². The Morgan fingerprint density at radius 2 is 1.37 bits per heavy atom. The lowest BCUT2D eigenvalue weighted by Crippen LogP contribution is -2.14. The van der Waals surface area contributed by atoms with Gasteiger partial charge in [-0.15, -0.1) is 0 Å². The topological polar surface area (TPSA) is 40.8 Å². The molecule has 0 aliphatic heterocycles. The Hall–Kier alpha value is -4.24. The second-order valence-corrected chi connectivity index (χ2v) is 9.46. The summed E-state index contributed by atoms with van der Waals surface area (Å²) in [5.74, 6) is 1.52. The van der Waals surface area contributed by atoms with Crippen molar-refractivity contribution in [2.24, 2.45) is 0 Å². The van der Waals surface area contributed by atoms with E-state index in [2.05, 4.69) is 113 Å². The van der Waals surface area contributed by atoms with Gasteiger partial charge in [0, 0.05) is 51.5 Å². The number of hydrogen-bond acceptors (Lipinski definition) is 1. The zero-order valence-electron chi connectivity index (χ0n) is 19.5. The van der Waals surface area contributed by atoms with Crippen molar-refractivity contribution >= 4 is 21.8 Å². The molecule has 0 fully saturated rings. The van der Waals surface area contributed by atoms with Gasteiger partial charge in [-0.25, -0.2) is 0 Å². The van der Waals surface area contributed by atoms with Crippen LogP contribution in [0.3, 0.4) is 0 Å². The minimum Gasteiger partial charge on any atom is -0.497 e. The lowest BCUT2D eigenvalue weighted by molar-refractivity contribution is 0.413. The fraction of sp³-hybridized carbons (Fsp3) is 0.125. The molecule has 0 saturated heterocycles. The number of ether oxygens (including phenoxy) is 1. The molecule has 3 heteroatoms. The van der Waals surface area contributed by atoms with E-state index in [9.17, 15) is 0 Å². The molecular weight excluding hydrogens is 428 g/mol. The molecule has 3 atom stereocenters. The van der Waals surface area contributed by atoms with Gasteiger partial charge in [-0.1, -0.05) is 78.9 Å². The number of nitrogens with one attached hydrogen (secondary N) is 2. The predicted octanol–water partition coefficient (Wildman–Crippen LogP) is 7.72. The van der Waals surface area contributed by atoms with Gasteiger partial charge in [0.05, 0.1) is 7.11 Å². The number of aromatic amines is 2. The highest BCUT2D eigenvalue weighted by atomic mass is 16.5. The first kappa shape index (κ1) is 20.2. The normalized spacial score (nSPS) is 19.3. The number of aromatic nitrogens is 2. The van der Waals surface area contributed by atoms with E-state index in [1.807, 2.05) is 6.07 Å². The highest BCUT2D eigenvalue weighted by molar-refractivity contribution is 5.90. The summed E-state index contributed by atoms with van der Waals surface area (Å²) in [6.07, 6.45) is 2.22. The molecule has 4 aromatic carbocycles. The van der Waals surface area contributed by atoms with E-state index in [-0.39, 0.29) is 17.8 Å². The Kier molecular flexibility index (Phi) is 4.56. The first-order valence-corrected chi connectivity index (χ1v) is 12.2. The molecule has 170 valence electrons. The van der Waals surface area contributed by atoms with Crippen molar-refractivity contribution < 1.29 is 4.74 Å². The summed E-state index contributed by atoms with van der Waals surface area (Å²) in [7, 11) is 1.74. The number of benzene rings is 4. The summed E-state index contributed by atoms with van der Waals surface area (Å²) in [6.45, 7) is 0. The lowest BCUT2D eigenvalue weighted by atomic mass is 9.75. The molecule has 0 amide bonds. The Labute approximate surface area is 204 Å². The average Bonchev–Trinajstić information content (AvgIpc) is 3.60. The van der Waals surface area contributed by atoms with E-state index >= 15 is 0 Å². The third-order valence-electron chi connectivity index (χ3n) is 7.71. The third kappa shape index (κ3) is 3.05. The largest absolute Gasteiger partial charge is 0.497 e. The molecule has 0 unspecified atom stereocenters. The first-order valence-electron chi connectivity index (χ1n) is 12.2. The van der Waals surface area contributed by atoms with Gasteiger partial charge in [-0.05, 0) is 46.5 Å². The molecular formula is C32H26N2O. The molecule has 0 radical (unpaired) electrons. The van der Waals surface area contributed by atoms with Crippen LogP contribution in [0.1, 0.15) is 45.7 Å². The minimum absolute atomic E-state index is 0.187. The van der Waals surface area contributed by atoms with Crippen LogP contribution in [0.25, 0.3) is 21.8 Å². The van der Waals surface area contributed by atoms with Crippen LogP contribution >= 0.6 is 0 Å². The van der Waals surface area contributed by atoms with E-state index in [4.69, 9.17) is 4.74 Å². The Balaban J connectivity index is 1.56. The van der Waals surface area contributed by atoms with Crippen molar-refractivity contribution in [2.45, 2.75) is 17.8 Å². The summed E-state index contributed by atoms with van der Waals surface area (Å²) in [6, 6.07) is 37.0. The molecule has 6 aromatic rings. The Morgan fingerprint density at radius 1 is 0.657 bits per heavy atom. The van der Waals surface area contributed by atoms with Crippen molar-refractivity contribution in [3.63, 3.8) is 0 Å². The zero-order valence-corrected chi connectivity index (χ0v) is 19.5. The maximum atomic E-state index is 5.66. The molecule has 35 heavy (non-hydrogen) atoms. The van der Waals surface area contributed by atoms with E-state index in [0.29, 0.717) is 0 Å². The maximum absolute atomic E-state index is 5.66. The van der Waals surface area contributed by atoms with Crippen molar-refractivity contribution in [3.8, 4) is 5.75 Å². The van der Waals surface area contributed by atoms with Gasteiger partial charge in [0.1, 0.15) is 5.75 Å². The fourth-order valence-electron chi connectivity index (χ4n) is 6.29. The van der Waals surface area contributed by atoms with E-state index < -0.39 is 0 Å². The SMILES string of the molecule is COc1cccc([C@@H]2c3c([nH]c4ccccc34)[C@H](c3c[nH]c4ccccc34)[C@H]2c2ccccc2)c1. The van der Waals surface area contributed by atoms with Crippen LogP contribution in [-0.2, 0) is 0 Å². The fourth-order valence-corrected chi connectivity index (χ4v) is 6.29. The van der Waals surface area contributed by atoms with Crippen LogP contribution in [0.4, 0.5) is 0 Å². The van der Waals surface area contributed by atoms with E-state index in [1.54, 1.807) is 7.11 Å². The van der Waals surface area contributed by atoms with Crippen LogP contribution in [0.2, 0.25) is 0 Å². The smallest absolute Gasteiger partial charge is 0.119 e. The quantitative estimate of drug-likeness (QED) is 0.281. The Morgan fingerprint density at radius 3 is 2.20 bits per heavy atom. The molecule has 3 nitrogen and oxygen atoms in total. The minimum atomic E-state index is 0.187. The summed E-state index contributed by atoms with van der Waals surface area (Å²) < 4.78 is 5.66. The van der Waals surface area contributed by atoms with E-state index in [0.717, 1.165) is 5.75 Å². The second-order valence-electron chi connectivity index (χ2n) is 9.46. The van der Waals surface area contributed by atoms with Crippen molar-refractivity contribution in [1.29, 1.82) is 0 Å². The first-order chi connectivity index (χ1) is 17.3. The number of hydrogen-bond donors (Lipinski definition) is 2. The number of H-pyrrole nitrogens is 2. The summed E-state index contributed by atoms with van der Waals surface area (Å²) in [5.41, 5.74) is 9.07. The van der Waals surface area contributed by atoms with Crippen LogP contribution in [-0.4, -0.2) is 17.1 Å². The third-order valence-corrected chi connectivity index (χ3v) is 7.71. The monoisotopic (exact) mass is 454 g/mol. The molecule has 7 rings (SSSR count). The van der Waals surface area contributed by atoms with Gasteiger partial charge in [0.2, 0.25) is 0 Å². The van der Waals surface area contributed by atoms with Gasteiger partial charge in [-0.3, -0.25) is 0 Å². The summed E-state index contributed by atoms with van der Waals surface area (Å²) in [5, 5.41) is 2.59. The second kappa shape index (κ2) is 7.92. The molecule has 2 heterocycles. The molecule has 1 aliphatic carbocycles. The molecule has 0 spiro atoms. The Bertz CT molecular complexity index is 1660. The van der Waals surface area contributed by atoms with Crippen molar-refractivity contribution in [3.05, 3.63) is 137 Å². The number of para-hydroxylation sites is 2. The lowest BCUT2D eigenvalue weighted by Gasteiger charge is -2.27. The van der Waals surface area contributed by atoms with Gasteiger partial charge in [0.15, 0.2) is 0 Å². The maximum Gasteiger partial charge on any atom is 0.119 e.